The summed E-state index contributed by atoms with van der Waals surface area (Å²) in [5.41, 5.74) is -0.419. The molecule has 0 amide bonds. The number of aromatic nitrogens is 1. The lowest BCUT2D eigenvalue weighted by molar-refractivity contribution is 0.437. The van der Waals surface area contributed by atoms with E-state index in [1.165, 1.54) is 0 Å². The van der Waals surface area contributed by atoms with Gasteiger partial charge < -0.3 is 0 Å². The Hall–Kier alpha value is -1.05. The topological polar surface area (TPSA) is 48.7 Å². The summed E-state index contributed by atoms with van der Waals surface area (Å²) in [6, 6.07) is 8.24. The second kappa shape index (κ2) is 7.31. The van der Waals surface area contributed by atoms with Crippen molar-refractivity contribution >= 4 is 11.8 Å². The maximum absolute atomic E-state index is 9.17. The summed E-state index contributed by atoms with van der Waals surface area (Å²) in [5.74, 6) is 0.901. The van der Waals surface area contributed by atoms with Gasteiger partial charge in [0, 0.05) is 11.9 Å². The molecule has 0 aliphatic rings. The summed E-state index contributed by atoms with van der Waals surface area (Å²) >= 11 is 1.69. The highest BCUT2D eigenvalue weighted by Gasteiger charge is 2.21. The number of rotatable bonds is 7. The molecule has 0 fully saturated rings. The van der Waals surface area contributed by atoms with Gasteiger partial charge in [0.05, 0.1) is 11.1 Å². The van der Waals surface area contributed by atoms with Crippen molar-refractivity contribution in [2.45, 2.75) is 37.3 Å². The molecule has 0 saturated heterocycles. The zero-order chi connectivity index (χ0) is 12.6. The summed E-state index contributed by atoms with van der Waals surface area (Å²) in [5, 5.41) is 13.5. The van der Waals surface area contributed by atoms with Gasteiger partial charge >= 0.3 is 0 Å². The Balaban J connectivity index is 2.36. The monoisotopic (exact) mass is 249 g/mol. The van der Waals surface area contributed by atoms with Gasteiger partial charge in [-0.25, -0.2) is 4.98 Å². The minimum Gasteiger partial charge on any atom is -0.300 e. The van der Waals surface area contributed by atoms with E-state index in [1.54, 1.807) is 18.0 Å². The van der Waals surface area contributed by atoms with Crippen LogP contribution in [-0.2, 0) is 0 Å². The molecule has 0 saturated carbocycles. The molecule has 1 rings (SSSR count). The number of nitriles is 1. The van der Waals surface area contributed by atoms with Crippen LogP contribution in [0.25, 0.3) is 0 Å². The Kier molecular flexibility index (Phi) is 6.03. The highest BCUT2D eigenvalue weighted by molar-refractivity contribution is 7.99. The molecule has 1 unspecified atom stereocenters. The fraction of sp³-hybridized carbons (Fsp3) is 0.538. The van der Waals surface area contributed by atoms with Crippen LogP contribution in [0.1, 0.15) is 26.7 Å². The maximum atomic E-state index is 9.17. The lowest BCUT2D eigenvalue weighted by Gasteiger charge is -2.22. The molecule has 92 valence electrons. The van der Waals surface area contributed by atoms with Gasteiger partial charge in [-0.2, -0.15) is 5.26 Å². The van der Waals surface area contributed by atoms with E-state index in [9.17, 15) is 5.26 Å². The third-order valence-corrected chi connectivity index (χ3v) is 3.45. The van der Waals surface area contributed by atoms with Gasteiger partial charge in [0.25, 0.3) is 0 Å². The molecule has 1 aromatic rings. The molecular formula is C13H19N3S. The molecule has 0 spiro atoms. The lowest BCUT2D eigenvalue weighted by atomic mass is 10.0. The van der Waals surface area contributed by atoms with E-state index in [2.05, 4.69) is 23.3 Å². The first-order chi connectivity index (χ1) is 8.20. The van der Waals surface area contributed by atoms with Crippen LogP contribution in [0.15, 0.2) is 29.4 Å². The van der Waals surface area contributed by atoms with E-state index >= 15 is 0 Å². The first-order valence-corrected chi connectivity index (χ1v) is 6.89. The summed E-state index contributed by atoms with van der Waals surface area (Å²) in [4.78, 5) is 4.25. The van der Waals surface area contributed by atoms with E-state index in [1.807, 2.05) is 25.1 Å². The quantitative estimate of drug-likeness (QED) is 0.755. The molecule has 3 nitrogen and oxygen atoms in total. The summed E-state index contributed by atoms with van der Waals surface area (Å²) in [6.07, 6.45) is 3.66. The molecular weight excluding hydrogens is 230 g/mol. The Morgan fingerprint density at radius 2 is 2.35 bits per heavy atom. The highest BCUT2D eigenvalue weighted by atomic mass is 32.2. The van der Waals surface area contributed by atoms with E-state index in [-0.39, 0.29) is 0 Å². The van der Waals surface area contributed by atoms with Gasteiger partial charge in [-0.15, -0.1) is 11.8 Å². The van der Waals surface area contributed by atoms with Gasteiger partial charge in [-0.05, 0) is 38.4 Å². The van der Waals surface area contributed by atoms with Crippen molar-refractivity contribution in [3.05, 3.63) is 24.4 Å². The van der Waals surface area contributed by atoms with Crippen molar-refractivity contribution in [2.75, 3.05) is 12.3 Å². The third-order valence-electron chi connectivity index (χ3n) is 2.50. The molecule has 17 heavy (non-hydrogen) atoms. The molecule has 1 aromatic heterocycles. The first-order valence-electron chi connectivity index (χ1n) is 5.90. The minimum absolute atomic E-state index is 0.419. The second-order valence-electron chi connectivity index (χ2n) is 4.14. The average molecular weight is 249 g/mol. The van der Waals surface area contributed by atoms with Gasteiger partial charge in [0.15, 0.2) is 0 Å². The summed E-state index contributed by atoms with van der Waals surface area (Å²) in [6.45, 7) is 4.95. The van der Waals surface area contributed by atoms with Gasteiger partial charge in [-0.3, -0.25) is 5.32 Å². The molecule has 1 atom stereocenters. The van der Waals surface area contributed by atoms with Crippen molar-refractivity contribution < 1.29 is 0 Å². The van der Waals surface area contributed by atoms with Crippen LogP contribution < -0.4 is 5.32 Å². The van der Waals surface area contributed by atoms with E-state index in [0.29, 0.717) is 0 Å². The van der Waals surface area contributed by atoms with Crippen LogP contribution in [0.3, 0.4) is 0 Å². The number of pyridine rings is 1. The maximum Gasteiger partial charge on any atom is 0.104 e. The Labute approximate surface area is 108 Å². The molecule has 1 heterocycles. The number of nitrogens with zero attached hydrogens (tertiary/aromatic N) is 2. The van der Waals surface area contributed by atoms with Gasteiger partial charge in [0.1, 0.15) is 5.54 Å². The smallest absolute Gasteiger partial charge is 0.104 e. The van der Waals surface area contributed by atoms with Crippen LogP contribution in [0.4, 0.5) is 0 Å². The Bertz CT molecular complexity index is 361. The van der Waals surface area contributed by atoms with Crippen molar-refractivity contribution in [3.63, 3.8) is 0 Å². The zero-order valence-electron chi connectivity index (χ0n) is 10.4. The van der Waals surface area contributed by atoms with Crippen molar-refractivity contribution in [1.82, 2.24) is 10.3 Å². The van der Waals surface area contributed by atoms with Crippen molar-refractivity contribution in [1.29, 1.82) is 5.26 Å². The molecule has 1 N–H and O–H groups in total. The van der Waals surface area contributed by atoms with E-state index in [4.69, 9.17) is 0 Å². The Morgan fingerprint density at radius 3 is 2.94 bits per heavy atom. The number of thioether (sulfide) groups is 1. The SMILES string of the molecule is CCCNC(C)(C#N)CCSc1ccccn1. The second-order valence-corrected chi connectivity index (χ2v) is 5.25. The third kappa shape index (κ3) is 5.20. The predicted molar refractivity (Wildman–Crippen MR) is 71.9 cm³/mol. The number of nitrogens with one attached hydrogen (secondary N) is 1. The largest absolute Gasteiger partial charge is 0.300 e. The van der Waals surface area contributed by atoms with Crippen molar-refractivity contribution in [3.8, 4) is 6.07 Å². The fourth-order valence-electron chi connectivity index (χ4n) is 1.38. The minimum atomic E-state index is -0.419. The molecule has 0 aliphatic heterocycles. The lowest BCUT2D eigenvalue weighted by Crippen LogP contribution is -2.41. The van der Waals surface area contributed by atoms with Gasteiger partial charge in [-0.1, -0.05) is 13.0 Å². The zero-order valence-corrected chi connectivity index (χ0v) is 11.3. The number of hydrogen-bond donors (Lipinski definition) is 1. The molecule has 0 aliphatic carbocycles. The molecule has 0 radical (unpaired) electrons. The van der Waals surface area contributed by atoms with E-state index in [0.717, 1.165) is 30.2 Å². The Morgan fingerprint density at radius 1 is 1.53 bits per heavy atom. The van der Waals surface area contributed by atoms with Crippen LogP contribution in [-0.4, -0.2) is 22.8 Å². The number of hydrogen-bond acceptors (Lipinski definition) is 4. The van der Waals surface area contributed by atoms with Crippen LogP contribution in [0.2, 0.25) is 0 Å². The summed E-state index contributed by atoms with van der Waals surface area (Å²) < 4.78 is 0. The summed E-state index contributed by atoms with van der Waals surface area (Å²) in [7, 11) is 0. The van der Waals surface area contributed by atoms with Crippen LogP contribution in [0.5, 0.6) is 0 Å². The molecule has 0 aromatic carbocycles. The fourth-order valence-corrected chi connectivity index (χ4v) is 2.41. The highest BCUT2D eigenvalue weighted by Crippen LogP contribution is 2.19. The molecule has 0 bridgehead atoms. The van der Waals surface area contributed by atoms with Crippen LogP contribution in [0, 0.1) is 11.3 Å². The first kappa shape index (κ1) is 14.0. The average Bonchev–Trinajstić information content (AvgIpc) is 2.38. The predicted octanol–water partition coefficient (Wildman–Crippen LogP) is 2.85. The normalized spacial score (nSPS) is 13.9. The van der Waals surface area contributed by atoms with Crippen LogP contribution >= 0.6 is 11.8 Å². The standard InChI is InChI=1S/C13H19N3S/c1-3-8-16-13(2,11-14)7-10-17-12-6-4-5-9-15-12/h4-6,9,16H,3,7-8,10H2,1-2H3. The molecule has 4 heteroatoms. The van der Waals surface area contributed by atoms with E-state index < -0.39 is 5.54 Å². The van der Waals surface area contributed by atoms with Crippen molar-refractivity contribution in [2.24, 2.45) is 0 Å². The van der Waals surface area contributed by atoms with Gasteiger partial charge in [0.2, 0.25) is 0 Å².